The Balaban J connectivity index is 1.91. The molecule has 1 amide bonds. The summed E-state index contributed by atoms with van der Waals surface area (Å²) >= 11 is 3.54. The zero-order chi connectivity index (χ0) is 16.8. The van der Waals surface area contributed by atoms with Crippen molar-refractivity contribution < 1.29 is 9.53 Å². The lowest BCUT2D eigenvalue weighted by atomic mass is 9.99. The fourth-order valence-corrected chi connectivity index (χ4v) is 3.43. The fraction of sp³-hybridized carbons (Fsp3) is 0.105. The molecule has 0 atom stereocenters. The highest BCUT2D eigenvalue weighted by Gasteiger charge is 2.27. The Morgan fingerprint density at radius 1 is 1.21 bits per heavy atom. The van der Waals surface area contributed by atoms with Gasteiger partial charge in [-0.2, -0.15) is 0 Å². The van der Waals surface area contributed by atoms with Gasteiger partial charge in [-0.05, 0) is 48.9 Å². The molecule has 4 nitrogen and oxygen atoms in total. The van der Waals surface area contributed by atoms with Gasteiger partial charge in [-0.15, -0.1) is 0 Å². The minimum atomic E-state index is -0.0801. The molecule has 5 heteroatoms. The predicted molar refractivity (Wildman–Crippen MR) is 100 cm³/mol. The molecule has 1 aliphatic heterocycles. The van der Waals surface area contributed by atoms with E-state index in [1.54, 1.807) is 7.11 Å². The van der Waals surface area contributed by atoms with Crippen molar-refractivity contribution in [1.82, 2.24) is 4.98 Å². The van der Waals surface area contributed by atoms with E-state index in [0.717, 1.165) is 43.5 Å². The average molecular weight is 383 g/mol. The minimum absolute atomic E-state index is 0.0801. The number of methoxy groups -OCH3 is 1. The second-order valence-corrected chi connectivity index (χ2v) is 6.62. The molecule has 24 heavy (non-hydrogen) atoms. The number of ether oxygens (including phenoxy) is 1. The van der Waals surface area contributed by atoms with E-state index in [0.29, 0.717) is 5.57 Å². The monoisotopic (exact) mass is 382 g/mol. The number of benzene rings is 2. The van der Waals surface area contributed by atoms with Crippen molar-refractivity contribution in [3.05, 3.63) is 57.7 Å². The number of carbonyl (C=O) groups excluding carboxylic acids is 1. The van der Waals surface area contributed by atoms with E-state index in [1.165, 1.54) is 0 Å². The number of H-pyrrole nitrogens is 1. The molecule has 1 aromatic heterocycles. The van der Waals surface area contributed by atoms with Crippen molar-refractivity contribution in [3.8, 4) is 5.75 Å². The van der Waals surface area contributed by atoms with Gasteiger partial charge in [0.2, 0.25) is 0 Å². The van der Waals surface area contributed by atoms with Crippen LogP contribution < -0.4 is 10.1 Å². The Bertz CT molecular complexity index is 1020. The largest absolute Gasteiger partial charge is 0.497 e. The second-order valence-electron chi connectivity index (χ2n) is 5.76. The highest BCUT2D eigenvalue weighted by molar-refractivity contribution is 9.10. The lowest BCUT2D eigenvalue weighted by Gasteiger charge is -2.06. The van der Waals surface area contributed by atoms with Crippen LogP contribution in [0.2, 0.25) is 0 Å². The van der Waals surface area contributed by atoms with Crippen LogP contribution in [0, 0.1) is 6.92 Å². The van der Waals surface area contributed by atoms with E-state index < -0.39 is 0 Å². The van der Waals surface area contributed by atoms with Crippen molar-refractivity contribution in [2.45, 2.75) is 6.92 Å². The molecule has 0 bridgehead atoms. The molecular weight excluding hydrogens is 368 g/mol. The summed E-state index contributed by atoms with van der Waals surface area (Å²) in [6, 6.07) is 9.73. The second kappa shape index (κ2) is 5.53. The van der Waals surface area contributed by atoms with Gasteiger partial charge in [0.25, 0.3) is 5.91 Å². The van der Waals surface area contributed by atoms with Crippen LogP contribution in [0.15, 0.2) is 41.0 Å². The molecule has 2 heterocycles. The lowest BCUT2D eigenvalue weighted by molar-refractivity contribution is -0.110. The van der Waals surface area contributed by atoms with Crippen LogP contribution in [0.4, 0.5) is 5.69 Å². The van der Waals surface area contributed by atoms with Crippen LogP contribution in [0.1, 0.15) is 16.7 Å². The topological polar surface area (TPSA) is 54.1 Å². The number of halogens is 1. The van der Waals surface area contributed by atoms with Gasteiger partial charge >= 0.3 is 0 Å². The molecule has 1 aliphatic rings. The molecule has 4 rings (SSSR count). The van der Waals surface area contributed by atoms with Gasteiger partial charge in [0.15, 0.2) is 0 Å². The quantitative estimate of drug-likeness (QED) is 0.628. The zero-order valence-electron chi connectivity index (χ0n) is 13.2. The molecule has 3 aromatic rings. The van der Waals surface area contributed by atoms with Crippen molar-refractivity contribution >= 4 is 50.1 Å². The van der Waals surface area contributed by atoms with Gasteiger partial charge < -0.3 is 15.0 Å². The van der Waals surface area contributed by atoms with Crippen LogP contribution in [0.25, 0.3) is 22.6 Å². The van der Waals surface area contributed by atoms with Crippen molar-refractivity contribution in [2.75, 3.05) is 12.4 Å². The van der Waals surface area contributed by atoms with Crippen molar-refractivity contribution in [1.29, 1.82) is 0 Å². The summed E-state index contributed by atoms with van der Waals surface area (Å²) in [6.45, 7) is 2.01. The highest BCUT2D eigenvalue weighted by Crippen LogP contribution is 2.39. The number of aromatic nitrogens is 1. The van der Waals surface area contributed by atoms with E-state index in [-0.39, 0.29) is 5.91 Å². The average Bonchev–Trinajstić information content (AvgIpc) is 3.13. The summed E-state index contributed by atoms with van der Waals surface area (Å²) in [4.78, 5) is 15.7. The molecular formula is C19H15BrN2O2. The number of nitrogens with one attached hydrogen (secondary N) is 2. The third kappa shape index (κ3) is 2.24. The maximum absolute atomic E-state index is 12.5. The molecule has 120 valence electrons. The Labute approximate surface area is 147 Å². The number of rotatable bonds is 2. The number of aromatic amines is 1. The maximum Gasteiger partial charge on any atom is 0.256 e. The number of fused-ring (bicyclic) bond motifs is 2. The van der Waals surface area contributed by atoms with E-state index in [1.807, 2.05) is 49.5 Å². The lowest BCUT2D eigenvalue weighted by Crippen LogP contribution is -2.03. The van der Waals surface area contributed by atoms with Crippen LogP contribution in [-0.2, 0) is 4.79 Å². The predicted octanol–water partition coefficient (Wildman–Crippen LogP) is 4.74. The van der Waals surface area contributed by atoms with Crippen molar-refractivity contribution in [3.63, 3.8) is 0 Å². The summed E-state index contributed by atoms with van der Waals surface area (Å²) < 4.78 is 6.30. The van der Waals surface area contributed by atoms with Gasteiger partial charge in [-0.1, -0.05) is 15.9 Å². The molecule has 2 N–H and O–H groups in total. The van der Waals surface area contributed by atoms with Gasteiger partial charge in [0, 0.05) is 44.0 Å². The Hall–Kier alpha value is -2.53. The summed E-state index contributed by atoms with van der Waals surface area (Å²) in [5, 5.41) is 3.96. The molecule has 0 radical (unpaired) electrons. The highest BCUT2D eigenvalue weighted by atomic mass is 79.9. The number of anilines is 1. The van der Waals surface area contributed by atoms with Crippen LogP contribution in [-0.4, -0.2) is 18.0 Å². The summed E-state index contributed by atoms with van der Waals surface area (Å²) in [5.41, 5.74) is 5.49. The first-order valence-corrected chi connectivity index (χ1v) is 8.35. The van der Waals surface area contributed by atoms with Gasteiger partial charge in [-0.3, -0.25) is 4.79 Å². The van der Waals surface area contributed by atoms with Crippen LogP contribution in [0.5, 0.6) is 5.75 Å². The van der Waals surface area contributed by atoms with Crippen molar-refractivity contribution in [2.24, 2.45) is 0 Å². The van der Waals surface area contributed by atoms with E-state index in [9.17, 15) is 4.79 Å². The Morgan fingerprint density at radius 2 is 2.04 bits per heavy atom. The molecule has 0 spiro atoms. The first kappa shape index (κ1) is 15.0. The molecule has 2 aromatic carbocycles. The molecule has 0 unspecified atom stereocenters. The molecule has 0 aliphatic carbocycles. The Morgan fingerprint density at radius 3 is 2.83 bits per heavy atom. The number of hydrogen-bond acceptors (Lipinski definition) is 2. The van der Waals surface area contributed by atoms with Crippen LogP contribution in [0.3, 0.4) is 0 Å². The number of amides is 1. The summed E-state index contributed by atoms with van der Waals surface area (Å²) in [6.07, 6.45) is 3.84. The number of carbonyl (C=O) groups is 1. The van der Waals surface area contributed by atoms with Gasteiger partial charge in [0.05, 0.1) is 7.11 Å². The maximum atomic E-state index is 12.5. The first-order valence-electron chi connectivity index (χ1n) is 7.56. The normalized spacial score (nSPS) is 15.0. The smallest absolute Gasteiger partial charge is 0.256 e. The van der Waals surface area contributed by atoms with Crippen LogP contribution >= 0.6 is 15.9 Å². The SMILES string of the molecule is COc1ccc2[nH]cc(C=C3C(=O)Nc4ccc(Br)c(C)c43)c2c1. The Kier molecular flexibility index (Phi) is 3.46. The fourth-order valence-electron chi connectivity index (χ4n) is 3.10. The third-order valence-corrected chi connectivity index (χ3v) is 5.24. The zero-order valence-corrected chi connectivity index (χ0v) is 14.8. The van der Waals surface area contributed by atoms with Gasteiger partial charge in [0.1, 0.15) is 5.75 Å². The van der Waals surface area contributed by atoms with E-state index in [2.05, 4.69) is 26.2 Å². The molecule has 0 saturated carbocycles. The van der Waals surface area contributed by atoms with E-state index in [4.69, 9.17) is 4.74 Å². The van der Waals surface area contributed by atoms with Gasteiger partial charge in [-0.25, -0.2) is 0 Å². The summed E-state index contributed by atoms with van der Waals surface area (Å²) in [5.74, 6) is 0.709. The third-order valence-electron chi connectivity index (χ3n) is 4.38. The summed E-state index contributed by atoms with van der Waals surface area (Å²) in [7, 11) is 1.65. The molecule has 0 saturated heterocycles. The first-order chi connectivity index (χ1) is 11.6. The standard InChI is InChI=1S/C19H15BrN2O2/c1-10-15(20)4-6-17-18(10)14(19(23)22-17)7-11-9-21-16-5-3-12(24-2)8-13(11)16/h3-9,21H,1-2H3,(H,22,23). The minimum Gasteiger partial charge on any atom is -0.497 e. The molecule has 0 fully saturated rings. The van der Waals surface area contributed by atoms with E-state index >= 15 is 0 Å². The number of hydrogen-bond donors (Lipinski definition) is 2.